The van der Waals surface area contributed by atoms with Gasteiger partial charge in [0.1, 0.15) is 5.75 Å². The predicted molar refractivity (Wildman–Crippen MR) is 85.6 cm³/mol. The summed E-state index contributed by atoms with van der Waals surface area (Å²) in [5.74, 6) is -1.33. The molecule has 1 aliphatic rings. The number of rotatable bonds is 7. The molecule has 0 radical (unpaired) electrons. The zero-order valence-electron chi connectivity index (χ0n) is 14.0. The van der Waals surface area contributed by atoms with Crippen LogP contribution in [-0.2, 0) is 16.1 Å². The van der Waals surface area contributed by atoms with Gasteiger partial charge in [0.15, 0.2) is 5.78 Å². The number of benzene rings is 1. The topological polar surface area (TPSA) is 84.0 Å². The van der Waals surface area contributed by atoms with E-state index < -0.39 is 17.8 Å². The first-order valence-corrected chi connectivity index (χ1v) is 7.84. The molecule has 0 bridgehead atoms. The molecule has 0 saturated carbocycles. The van der Waals surface area contributed by atoms with E-state index in [9.17, 15) is 19.2 Å². The van der Waals surface area contributed by atoms with E-state index in [1.165, 1.54) is 6.92 Å². The number of Topliss-reactive ketones (excluding diaryl/α,β-unsaturated/α-hetero) is 1. The van der Waals surface area contributed by atoms with E-state index in [0.29, 0.717) is 29.9 Å². The third-order valence-corrected chi connectivity index (χ3v) is 3.68. The zero-order chi connectivity index (χ0) is 17.9. The van der Waals surface area contributed by atoms with Gasteiger partial charge in [0, 0.05) is 17.7 Å². The Morgan fingerprint density at radius 3 is 2.33 bits per heavy atom. The Kier molecular flexibility index (Phi) is 5.33. The molecule has 0 atom stereocenters. The van der Waals surface area contributed by atoms with Gasteiger partial charge in [-0.1, -0.05) is 6.92 Å². The minimum atomic E-state index is -0.857. The Balaban J connectivity index is 2.34. The van der Waals surface area contributed by atoms with Crippen molar-refractivity contribution in [3.63, 3.8) is 0 Å². The van der Waals surface area contributed by atoms with Gasteiger partial charge in [0.05, 0.1) is 13.2 Å². The minimum Gasteiger partial charge on any atom is -0.494 e. The molecule has 1 fully saturated rings. The number of carbonyl (C=O) groups excluding carboxylic acids is 4. The number of carbonyl (C=O) groups is 4. The first-order valence-electron chi connectivity index (χ1n) is 7.84. The number of hydrogen-bond acceptors (Lipinski definition) is 5. The van der Waals surface area contributed by atoms with Crippen LogP contribution in [0, 0.1) is 0 Å². The van der Waals surface area contributed by atoms with Crippen molar-refractivity contribution in [1.29, 1.82) is 0 Å². The van der Waals surface area contributed by atoms with Gasteiger partial charge in [-0.05, 0) is 38.5 Å². The second kappa shape index (κ2) is 7.25. The summed E-state index contributed by atoms with van der Waals surface area (Å²) in [7, 11) is 0. The largest absolute Gasteiger partial charge is 0.494 e. The van der Waals surface area contributed by atoms with Crippen molar-refractivity contribution < 1.29 is 23.9 Å². The Bertz CT molecular complexity index is 698. The molecule has 2 rings (SSSR count). The predicted octanol–water partition coefficient (Wildman–Crippen LogP) is 1.99. The van der Waals surface area contributed by atoms with Crippen LogP contribution in [0.15, 0.2) is 18.2 Å². The summed E-state index contributed by atoms with van der Waals surface area (Å²) in [5, 5.41) is 0. The molecule has 4 amide bonds. The zero-order valence-corrected chi connectivity index (χ0v) is 14.0. The molecule has 0 unspecified atom stereocenters. The van der Waals surface area contributed by atoms with E-state index in [1.807, 2.05) is 6.92 Å². The molecule has 128 valence electrons. The maximum absolute atomic E-state index is 12.3. The summed E-state index contributed by atoms with van der Waals surface area (Å²) in [6, 6.07) is 4.20. The molecule has 24 heavy (non-hydrogen) atoms. The number of ether oxygens (including phenoxy) is 1. The van der Waals surface area contributed by atoms with Crippen molar-refractivity contribution in [3.8, 4) is 5.75 Å². The van der Waals surface area contributed by atoms with E-state index in [1.54, 1.807) is 25.1 Å². The first kappa shape index (κ1) is 17.7. The summed E-state index contributed by atoms with van der Waals surface area (Å²) in [6.45, 7) is 5.54. The molecule has 1 saturated heterocycles. The molecule has 7 heteroatoms. The molecule has 1 aromatic rings. The third-order valence-electron chi connectivity index (χ3n) is 3.68. The molecule has 1 heterocycles. The van der Waals surface area contributed by atoms with Crippen LogP contribution in [0.25, 0.3) is 0 Å². The number of ketones is 1. The van der Waals surface area contributed by atoms with Crippen molar-refractivity contribution in [3.05, 3.63) is 29.3 Å². The summed E-state index contributed by atoms with van der Waals surface area (Å²) < 4.78 is 5.49. The van der Waals surface area contributed by atoms with Crippen LogP contribution in [0.3, 0.4) is 0 Å². The highest BCUT2D eigenvalue weighted by atomic mass is 16.5. The lowest BCUT2D eigenvalue weighted by molar-refractivity contribution is -0.143. The van der Waals surface area contributed by atoms with Crippen LogP contribution < -0.4 is 4.74 Å². The van der Waals surface area contributed by atoms with Gasteiger partial charge >= 0.3 is 17.8 Å². The lowest BCUT2D eigenvalue weighted by atomic mass is 10.1. The molecule has 1 aromatic carbocycles. The van der Waals surface area contributed by atoms with Crippen molar-refractivity contribution in [2.45, 2.75) is 33.7 Å². The maximum Gasteiger partial charge on any atom is 0.334 e. The monoisotopic (exact) mass is 332 g/mol. The van der Waals surface area contributed by atoms with Gasteiger partial charge in [-0.15, -0.1) is 0 Å². The van der Waals surface area contributed by atoms with Crippen LogP contribution >= 0.6 is 0 Å². The van der Waals surface area contributed by atoms with Crippen LogP contribution in [0.2, 0.25) is 0 Å². The van der Waals surface area contributed by atoms with Crippen molar-refractivity contribution in [2.24, 2.45) is 0 Å². The summed E-state index contributed by atoms with van der Waals surface area (Å²) in [4.78, 5) is 49.7. The van der Waals surface area contributed by atoms with Crippen molar-refractivity contribution >= 4 is 23.6 Å². The van der Waals surface area contributed by atoms with Crippen LogP contribution in [-0.4, -0.2) is 46.6 Å². The van der Waals surface area contributed by atoms with Gasteiger partial charge in [-0.3, -0.25) is 24.2 Å². The number of urea groups is 1. The van der Waals surface area contributed by atoms with Crippen LogP contribution in [0.5, 0.6) is 5.75 Å². The van der Waals surface area contributed by atoms with E-state index in [-0.39, 0.29) is 18.9 Å². The smallest absolute Gasteiger partial charge is 0.334 e. The number of imide groups is 2. The second-order valence-electron chi connectivity index (χ2n) is 5.44. The lowest BCUT2D eigenvalue weighted by Gasteiger charge is -2.17. The SMILES string of the molecule is CCCN1C(=O)C(=O)N(Cc2cc(C(C)=O)ccc2OCC)C1=O. The standard InChI is InChI=1S/C17H20N2O5/c1-4-8-18-15(21)16(22)19(17(18)23)10-13-9-12(11(3)20)6-7-14(13)24-5-2/h6-7,9H,4-5,8,10H2,1-3H3. The third kappa shape index (κ3) is 3.29. The van der Waals surface area contributed by atoms with Gasteiger partial charge in [0.25, 0.3) is 0 Å². The van der Waals surface area contributed by atoms with E-state index in [4.69, 9.17) is 4.74 Å². The first-order chi connectivity index (χ1) is 11.4. The van der Waals surface area contributed by atoms with Gasteiger partial charge in [-0.25, -0.2) is 4.79 Å². The summed E-state index contributed by atoms with van der Waals surface area (Å²) in [5.41, 5.74) is 0.960. The maximum atomic E-state index is 12.3. The van der Waals surface area contributed by atoms with Gasteiger partial charge < -0.3 is 4.74 Å². The van der Waals surface area contributed by atoms with Crippen molar-refractivity contribution in [1.82, 2.24) is 9.80 Å². The Hall–Kier alpha value is -2.70. The number of nitrogens with zero attached hydrogens (tertiary/aromatic N) is 2. The Morgan fingerprint density at radius 2 is 1.75 bits per heavy atom. The van der Waals surface area contributed by atoms with E-state index in [2.05, 4.69) is 0 Å². The Labute approximate surface area is 140 Å². The summed E-state index contributed by atoms with van der Waals surface area (Å²) in [6.07, 6.45) is 0.572. The van der Waals surface area contributed by atoms with Crippen LogP contribution in [0.1, 0.15) is 43.1 Å². The molecule has 0 aromatic heterocycles. The average molecular weight is 332 g/mol. The highest BCUT2D eigenvalue weighted by molar-refractivity contribution is 6.44. The average Bonchev–Trinajstić information content (AvgIpc) is 2.74. The fourth-order valence-electron chi connectivity index (χ4n) is 2.50. The number of amides is 4. The quantitative estimate of drug-likeness (QED) is 0.433. The second-order valence-corrected chi connectivity index (χ2v) is 5.44. The fourth-order valence-corrected chi connectivity index (χ4v) is 2.50. The molecule has 0 spiro atoms. The van der Waals surface area contributed by atoms with Crippen LogP contribution in [0.4, 0.5) is 4.79 Å². The fraction of sp³-hybridized carbons (Fsp3) is 0.412. The molecule has 1 aliphatic heterocycles. The molecule has 7 nitrogen and oxygen atoms in total. The Morgan fingerprint density at radius 1 is 1.08 bits per heavy atom. The minimum absolute atomic E-state index is 0.111. The van der Waals surface area contributed by atoms with E-state index in [0.717, 1.165) is 9.80 Å². The number of hydrogen-bond donors (Lipinski definition) is 0. The lowest BCUT2D eigenvalue weighted by Crippen LogP contribution is -2.33. The van der Waals surface area contributed by atoms with Gasteiger partial charge in [-0.2, -0.15) is 0 Å². The molecular formula is C17H20N2O5. The highest BCUT2D eigenvalue weighted by Crippen LogP contribution is 2.25. The summed E-state index contributed by atoms with van der Waals surface area (Å²) >= 11 is 0. The normalized spacial score (nSPS) is 14.5. The van der Waals surface area contributed by atoms with Gasteiger partial charge in [0.2, 0.25) is 0 Å². The van der Waals surface area contributed by atoms with Crippen molar-refractivity contribution in [2.75, 3.05) is 13.2 Å². The molecular weight excluding hydrogens is 312 g/mol. The molecule has 0 N–H and O–H groups in total. The molecule has 0 aliphatic carbocycles. The highest BCUT2D eigenvalue weighted by Gasteiger charge is 2.44. The van der Waals surface area contributed by atoms with E-state index >= 15 is 0 Å².